The Morgan fingerprint density at radius 1 is 1.00 bits per heavy atom. The molecule has 0 aliphatic carbocycles. The van der Waals surface area contributed by atoms with Gasteiger partial charge in [0, 0.05) is 6.54 Å². The van der Waals surface area contributed by atoms with Crippen LogP contribution < -0.4 is 10.6 Å². The average Bonchev–Trinajstić information content (AvgIpc) is 3.16. The lowest BCUT2D eigenvalue weighted by Crippen LogP contribution is -2.39. The van der Waals surface area contributed by atoms with Gasteiger partial charge in [0.15, 0.2) is 0 Å². The molecule has 4 nitrogen and oxygen atoms in total. The van der Waals surface area contributed by atoms with Crippen molar-refractivity contribution in [3.63, 3.8) is 0 Å². The van der Waals surface area contributed by atoms with Gasteiger partial charge in [0.05, 0.1) is 19.3 Å². The van der Waals surface area contributed by atoms with Crippen LogP contribution in [-0.4, -0.2) is 18.5 Å². The summed E-state index contributed by atoms with van der Waals surface area (Å²) in [7, 11) is 0. The van der Waals surface area contributed by atoms with Crippen molar-refractivity contribution in [2.45, 2.75) is 38.6 Å². The molecule has 0 radical (unpaired) electrons. The van der Waals surface area contributed by atoms with Gasteiger partial charge in [-0.25, -0.2) is 0 Å². The van der Waals surface area contributed by atoms with E-state index in [0.717, 1.165) is 30.5 Å². The Kier molecular flexibility index (Phi) is 7.92. The lowest BCUT2D eigenvalue weighted by atomic mass is 10.1. The number of rotatable bonds is 7. The maximum absolute atomic E-state index is 12.0. The number of ether oxygens (including phenoxy) is 1. The molecule has 1 heterocycles. The Labute approximate surface area is 155 Å². The second kappa shape index (κ2) is 10.2. The molecular weight excluding hydrogens is 336 g/mol. The summed E-state index contributed by atoms with van der Waals surface area (Å²) in [5.41, 5.74) is 3.42. The predicted molar refractivity (Wildman–Crippen MR) is 101 cm³/mol. The predicted octanol–water partition coefficient (Wildman–Crippen LogP) is 3.19. The molecule has 2 aromatic carbocycles. The highest BCUT2D eigenvalue weighted by Gasteiger charge is 2.21. The van der Waals surface area contributed by atoms with Crippen LogP contribution in [0.2, 0.25) is 0 Å². The third kappa shape index (κ3) is 6.16. The standard InChI is InChI=1S/C20H24N2O2.ClH/c23-20(19-7-4-12-21-19)22-13-16-8-10-18(11-9-16)15-24-14-17-5-2-1-3-6-17;/h1-3,5-6,8-11,19,21H,4,7,12-15H2,(H,22,23);1H. The summed E-state index contributed by atoms with van der Waals surface area (Å²) in [6, 6.07) is 18.3. The summed E-state index contributed by atoms with van der Waals surface area (Å²) in [6.07, 6.45) is 2.01. The van der Waals surface area contributed by atoms with E-state index in [2.05, 4.69) is 34.9 Å². The van der Waals surface area contributed by atoms with Gasteiger partial charge >= 0.3 is 0 Å². The molecule has 1 aliphatic heterocycles. The lowest BCUT2D eigenvalue weighted by Gasteiger charge is -2.11. The van der Waals surface area contributed by atoms with Gasteiger partial charge in [0.2, 0.25) is 5.91 Å². The molecule has 5 heteroatoms. The minimum absolute atomic E-state index is 0. The molecule has 0 spiro atoms. The highest BCUT2D eigenvalue weighted by Crippen LogP contribution is 2.09. The first kappa shape index (κ1) is 19.4. The normalized spacial score (nSPS) is 16.2. The van der Waals surface area contributed by atoms with Crippen LogP contribution in [0.15, 0.2) is 54.6 Å². The van der Waals surface area contributed by atoms with E-state index in [1.54, 1.807) is 0 Å². The van der Waals surface area contributed by atoms with Crippen molar-refractivity contribution >= 4 is 18.3 Å². The largest absolute Gasteiger partial charge is 0.372 e. The van der Waals surface area contributed by atoms with E-state index in [1.165, 1.54) is 5.56 Å². The second-order valence-electron chi connectivity index (χ2n) is 6.16. The van der Waals surface area contributed by atoms with Crippen molar-refractivity contribution in [3.05, 3.63) is 71.3 Å². The molecule has 2 N–H and O–H groups in total. The van der Waals surface area contributed by atoms with Crippen LogP contribution in [0.25, 0.3) is 0 Å². The molecule has 1 aliphatic rings. The van der Waals surface area contributed by atoms with Gasteiger partial charge in [0.25, 0.3) is 0 Å². The number of nitrogens with one attached hydrogen (secondary N) is 2. The van der Waals surface area contributed by atoms with E-state index in [1.807, 2.05) is 30.3 Å². The Balaban J connectivity index is 0.00000225. The Morgan fingerprint density at radius 3 is 2.28 bits per heavy atom. The molecule has 1 amide bonds. The van der Waals surface area contributed by atoms with Crippen molar-refractivity contribution in [2.24, 2.45) is 0 Å². The second-order valence-corrected chi connectivity index (χ2v) is 6.16. The Morgan fingerprint density at radius 2 is 1.64 bits per heavy atom. The summed E-state index contributed by atoms with van der Waals surface area (Å²) in [5, 5.41) is 6.20. The number of hydrogen-bond acceptors (Lipinski definition) is 3. The Bertz CT molecular complexity index is 641. The monoisotopic (exact) mass is 360 g/mol. The SMILES string of the molecule is Cl.O=C(NCc1ccc(COCc2ccccc2)cc1)C1CCCN1. The number of carbonyl (C=O) groups excluding carboxylic acids is 1. The maximum Gasteiger partial charge on any atom is 0.237 e. The van der Waals surface area contributed by atoms with Crippen LogP contribution in [0.5, 0.6) is 0 Å². The van der Waals surface area contributed by atoms with E-state index in [9.17, 15) is 4.79 Å². The van der Waals surface area contributed by atoms with E-state index < -0.39 is 0 Å². The zero-order chi connectivity index (χ0) is 16.6. The number of hydrogen-bond donors (Lipinski definition) is 2. The molecule has 1 saturated heterocycles. The van der Waals surface area contributed by atoms with Crippen molar-refractivity contribution in [1.29, 1.82) is 0 Å². The minimum Gasteiger partial charge on any atom is -0.372 e. The average molecular weight is 361 g/mol. The topological polar surface area (TPSA) is 50.4 Å². The molecular formula is C20H25ClN2O2. The lowest BCUT2D eigenvalue weighted by molar-refractivity contribution is -0.122. The Hall–Kier alpha value is -1.88. The smallest absolute Gasteiger partial charge is 0.237 e. The van der Waals surface area contributed by atoms with Gasteiger partial charge in [-0.15, -0.1) is 12.4 Å². The molecule has 25 heavy (non-hydrogen) atoms. The summed E-state index contributed by atoms with van der Waals surface area (Å²) >= 11 is 0. The molecule has 0 bridgehead atoms. The van der Waals surface area contributed by atoms with Crippen molar-refractivity contribution < 1.29 is 9.53 Å². The van der Waals surface area contributed by atoms with Gasteiger partial charge in [-0.3, -0.25) is 4.79 Å². The first-order valence-corrected chi connectivity index (χ1v) is 8.52. The summed E-state index contributed by atoms with van der Waals surface area (Å²) in [6.45, 7) is 2.72. The third-order valence-corrected chi connectivity index (χ3v) is 4.25. The van der Waals surface area contributed by atoms with Crippen LogP contribution in [0.1, 0.15) is 29.5 Å². The fourth-order valence-electron chi connectivity index (χ4n) is 2.84. The van der Waals surface area contributed by atoms with Gasteiger partial charge in [-0.1, -0.05) is 54.6 Å². The summed E-state index contributed by atoms with van der Waals surface area (Å²) in [5.74, 6) is 0.0998. The summed E-state index contributed by atoms with van der Waals surface area (Å²) < 4.78 is 5.73. The number of benzene rings is 2. The van der Waals surface area contributed by atoms with Crippen molar-refractivity contribution in [1.82, 2.24) is 10.6 Å². The molecule has 1 atom stereocenters. The summed E-state index contributed by atoms with van der Waals surface area (Å²) in [4.78, 5) is 12.0. The molecule has 3 rings (SSSR count). The quantitative estimate of drug-likeness (QED) is 0.797. The van der Waals surface area contributed by atoms with Crippen LogP contribution in [0.3, 0.4) is 0 Å². The van der Waals surface area contributed by atoms with Gasteiger partial charge in [-0.05, 0) is 36.1 Å². The molecule has 1 fully saturated rings. The van der Waals surface area contributed by atoms with Gasteiger partial charge < -0.3 is 15.4 Å². The van der Waals surface area contributed by atoms with E-state index in [-0.39, 0.29) is 24.4 Å². The van der Waals surface area contributed by atoms with Gasteiger partial charge in [0.1, 0.15) is 0 Å². The van der Waals surface area contributed by atoms with Crippen LogP contribution in [0.4, 0.5) is 0 Å². The third-order valence-electron chi connectivity index (χ3n) is 4.25. The first-order chi connectivity index (χ1) is 11.8. The zero-order valence-corrected chi connectivity index (χ0v) is 15.1. The zero-order valence-electron chi connectivity index (χ0n) is 14.2. The van der Waals surface area contributed by atoms with E-state index in [0.29, 0.717) is 19.8 Å². The molecule has 2 aromatic rings. The number of amides is 1. The van der Waals surface area contributed by atoms with Gasteiger partial charge in [-0.2, -0.15) is 0 Å². The van der Waals surface area contributed by atoms with Crippen LogP contribution in [-0.2, 0) is 29.3 Å². The van der Waals surface area contributed by atoms with Crippen LogP contribution in [0, 0.1) is 0 Å². The van der Waals surface area contributed by atoms with Crippen LogP contribution >= 0.6 is 12.4 Å². The number of carbonyl (C=O) groups is 1. The number of halogens is 1. The molecule has 0 aromatic heterocycles. The van der Waals surface area contributed by atoms with E-state index in [4.69, 9.17) is 4.74 Å². The first-order valence-electron chi connectivity index (χ1n) is 8.52. The van der Waals surface area contributed by atoms with Crippen molar-refractivity contribution in [3.8, 4) is 0 Å². The fraction of sp³-hybridized carbons (Fsp3) is 0.350. The van der Waals surface area contributed by atoms with Crippen molar-refractivity contribution in [2.75, 3.05) is 6.54 Å². The molecule has 0 saturated carbocycles. The molecule has 134 valence electrons. The highest BCUT2D eigenvalue weighted by molar-refractivity contribution is 5.85. The maximum atomic E-state index is 12.0. The minimum atomic E-state index is -0.0179. The fourth-order valence-corrected chi connectivity index (χ4v) is 2.84. The molecule has 1 unspecified atom stereocenters. The van der Waals surface area contributed by atoms with E-state index >= 15 is 0 Å². The highest BCUT2D eigenvalue weighted by atomic mass is 35.5.